The number of benzene rings is 1. The number of rotatable bonds is 5. The summed E-state index contributed by atoms with van der Waals surface area (Å²) in [5.74, 6) is 1.07. The van der Waals surface area contributed by atoms with Gasteiger partial charge in [-0.05, 0) is 0 Å². The molecule has 0 aliphatic rings. The highest BCUT2D eigenvalue weighted by atomic mass is 19.1. The zero-order chi connectivity index (χ0) is 14.5. The van der Waals surface area contributed by atoms with Crippen LogP contribution in [0, 0.1) is 5.95 Å². The second-order valence-electron chi connectivity index (χ2n) is 3.64. The molecule has 0 amide bonds. The number of methoxy groups -OCH3 is 3. The zero-order valence-corrected chi connectivity index (χ0v) is 11.2. The number of ether oxygens (including phenoxy) is 4. The van der Waals surface area contributed by atoms with Gasteiger partial charge in [-0.15, -0.1) is 0 Å². The fourth-order valence-electron chi connectivity index (χ4n) is 1.61. The van der Waals surface area contributed by atoms with E-state index in [1.54, 1.807) is 12.1 Å². The Morgan fingerprint density at radius 1 is 0.900 bits per heavy atom. The summed E-state index contributed by atoms with van der Waals surface area (Å²) < 4.78 is 34.0. The minimum absolute atomic E-state index is 0.0757. The van der Waals surface area contributed by atoms with Crippen LogP contribution in [0.1, 0.15) is 0 Å². The van der Waals surface area contributed by atoms with Crippen molar-refractivity contribution in [3.8, 4) is 28.9 Å². The quantitative estimate of drug-likeness (QED) is 0.784. The van der Waals surface area contributed by atoms with Crippen LogP contribution in [-0.2, 0) is 0 Å². The fraction of sp³-hybridized carbons (Fsp3) is 0.231. The van der Waals surface area contributed by atoms with Gasteiger partial charge in [0.05, 0.1) is 27.4 Å². The number of halogens is 1. The maximum Gasteiger partial charge on any atom is 0.225 e. The Kier molecular flexibility index (Phi) is 4.19. The Balaban J connectivity index is 2.37. The fourth-order valence-corrected chi connectivity index (χ4v) is 1.61. The lowest BCUT2D eigenvalue weighted by atomic mass is 10.2. The third-order valence-corrected chi connectivity index (χ3v) is 2.47. The highest BCUT2D eigenvalue weighted by Crippen LogP contribution is 2.41. The number of nitrogens with zero attached hydrogens (tertiary/aromatic N) is 2. The predicted octanol–water partition coefficient (Wildman–Crippen LogP) is 2.43. The van der Waals surface area contributed by atoms with E-state index in [0.717, 1.165) is 12.4 Å². The van der Waals surface area contributed by atoms with E-state index in [4.69, 9.17) is 18.9 Å². The smallest absolute Gasteiger partial charge is 0.225 e. The molecule has 2 aromatic rings. The molecule has 0 saturated heterocycles. The predicted molar refractivity (Wildman–Crippen MR) is 68.2 cm³/mol. The van der Waals surface area contributed by atoms with Gasteiger partial charge in [0, 0.05) is 12.1 Å². The molecule has 0 spiro atoms. The standard InChI is InChI=1S/C13H13FN2O4/c1-17-9-4-8(5-10(18-2)13(9)19-3)20-12-6-11(14)15-7-16-12/h4-7H,1-3H3. The van der Waals surface area contributed by atoms with Crippen molar-refractivity contribution >= 4 is 0 Å². The molecule has 1 aromatic heterocycles. The van der Waals surface area contributed by atoms with Crippen LogP contribution in [-0.4, -0.2) is 31.3 Å². The first-order valence-corrected chi connectivity index (χ1v) is 5.63. The van der Waals surface area contributed by atoms with Crippen molar-refractivity contribution in [3.05, 3.63) is 30.5 Å². The first-order chi connectivity index (χ1) is 9.67. The highest BCUT2D eigenvalue weighted by molar-refractivity contribution is 5.56. The number of hydrogen-bond acceptors (Lipinski definition) is 6. The van der Waals surface area contributed by atoms with Gasteiger partial charge in [0.2, 0.25) is 17.6 Å². The van der Waals surface area contributed by atoms with Gasteiger partial charge in [0.15, 0.2) is 11.5 Å². The number of aromatic nitrogens is 2. The highest BCUT2D eigenvalue weighted by Gasteiger charge is 2.14. The molecule has 0 atom stereocenters. The van der Waals surface area contributed by atoms with E-state index < -0.39 is 5.95 Å². The van der Waals surface area contributed by atoms with Crippen LogP contribution in [0.15, 0.2) is 24.5 Å². The third-order valence-electron chi connectivity index (χ3n) is 2.47. The van der Waals surface area contributed by atoms with Gasteiger partial charge in [-0.25, -0.2) is 9.97 Å². The third kappa shape index (κ3) is 2.87. The van der Waals surface area contributed by atoms with E-state index in [9.17, 15) is 4.39 Å². The Bertz CT molecular complexity index is 582. The summed E-state index contributed by atoms with van der Waals surface area (Å²) in [4.78, 5) is 7.15. The van der Waals surface area contributed by atoms with E-state index in [-0.39, 0.29) is 5.88 Å². The molecular formula is C13H13FN2O4. The molecule has 0 aliphatic carbocycles. The molecule has 0 unspecified atom stereocenters. The van der Waals surface area contributed by atoms with Crippen molar-refractivity contribution in [1.29, 1.82) is 0 Å². The summed E-state index contributed by atoms with van der Waals surface area (Å²) in [6.45, 7) is 0. The lowest BCUT2D eigenvalue weighted by Crippen LogP contribution is -1.97. The molecule has 2 rings (SSSR count). The summed E-state index contributed by atoms with van der Waals surface area (Å²) in [7, 11) is 4.48. The van der Waals surface area contributed by atoms with Gasteiger partial charge >= 0.3 is 0 Å². The first-order valence-electron chi connectivity index (χ1n) is 5.63. The lowest BCUT2D eigenvalue weighted by molar-refractivity contribution is 0.320. The summed E-state index contributed by atoms with van der Waals surface area (Å²) in [5.41, 5.74) is 0. The SMILES string of the molecule is COc1cc(Oc2cc(F)ncn2)cc(OC)c1OC. The maximum atomic E-state index is 13.0. The average molecular weight is 280 g/mol. The van der Waals surface area contributed by atoms with Crippen molar-refractivity contribution < 1.29 is 23.3 Å². The molecule has 0 bridgehead atoms. The molecule has 7 heteroatoms. The largest absolute Gasteiger partial charge is 0.493 e. The molecule has 0 fully saturated rings. The molecule has 6 nitrogen and oxygen atoms in total. The maximum absolute atomic E-state index is 13.0. The Hall–Kier alpha value is -2.57. The van der Waals surface area contributed by atoms with Crippen LogP contribution in [0.25, 0.3) is 0 Å². The van der Waals surface area contributed by atoms with Gasteiger partial charge in [-0.3, -0.25) is 0 Å². The van der Waals surface area contributed by atoms with E-state index in [0.29, 0.717) is 23.0 Å². The summed E-state index contributed by atoms with van der Waals surface area (Å²) >= 11 is 0. The molecule has 0 N–H and O–H groups in total. The van der Waals surface area contributed by atoms with Crippen LogP contribution in [0.5, 0.6) is 28.9 Å². The zero-order valence-electron chi connectivity index (χ0n) is 11.2. The Morgan fingerprint density at radius 2 is 1.55 bits per heavy atom. The van der Waals surface area contributed by atoms with E-state index in [1.165, 1.54) is 21.3 Å². The van der Waals surface area contributed by atoms with Crippen molar-refractivity contribution in [3.63, 3.8) is 0 Å². The molecule has 106 valence electrons. The van der Waals surface area contributed by atoms with Gasteiger partial charge < -0.3 is 18.9 Å². The minimum Gasteiger partial charge on any atom is -0.493 e. The second-order valence-corrected chi connectivity index (χ2v) is 3.64. The molecule has 1 aromatic carbocycles. The van der Waals surface area contributed by atoms with Crippen LogP contribution >= 0.6 is 0 Å². The molecule has 1 heterocycles. The van der Waals surface area contributed by atoms with Crippen LogP contribution in [0.4, 0.5) is 4.39 Å². The normalized spacial score (nSPS) is 10.0. The van der Waals surface area contributed by atoms with Crippen LogP contribution in [0.3, 0.4) is 0 Å². The van der Waals surface area contributed by atoms with Gasteiger partial charge in [-0.2, -0.15) is 4.39 Å². The molecule has 0 radical (unpaired) electrons. The van der Waals surface area contributed by atoms with Crippen molar-refractivity contribution in [1.82, 2.24) is 9.97 Å². The Morgan fingerprint density at radius 3 is 2.05 bits per heavy atom. The molecule has 0 aliphatic heterocycles. The van der Waals surface area contributed by atoms with E-state index in [2.05, 4.69) is 9.97 Å². The summed E-state index contributed by atoms with van der Waals surface area (Å²) in [6, 6.07) is 4.24. The molecular weight excluding hydrogens is 267 g/mol. The van der Waals surface area contributed by atoms with Crippen molar-refractivity contribution in [2.45, 2.75) is 0 Å². The monoisotopic (exact) mass is 280 g/mol. The topological polar surface area (TPSA) is 62.7 Å². The van der Waals surface area contributed by atoms with Crippen molar-refractivity contribution in [2.75, 3.05) is 21.3 Å². The second kappa shape index (κ2) is 6.05. The Labute approximate surface area is 115 Å². The lowest BCUT2D eigenvalue weighted by Gasteiger charge is -2.14. The van der Waals surface area contributed by atoms with Gasteiger partial charge in [0.25, 0.3) is 0 Å². The van der Waals surface area contributed by atoms with E-state index in [1.807, 2.05) is 0 Å². The number of hydrogen-bond donors (Lipinski definition) is 0. The van der Waals surface area contributed by atoms with Gasteiger partial charge in [-0.1, -0.05) is 0 Å². The average Bonchev–Trinajstić information content (AvgIpc) is 2.46. The summed E-state index contributed by atoms with van der Waals surface area (Å²) in [6.07, 6.45) is 1.07. The molecule has 20 heavy (non-hydrogen) atoms. The summed E-state index contributed by atoms with van der Waals surface area (Å²) in [5, 5.41) is 0. The first kappa shape index (κ1) is 13.9. The van der Waals surface area contributed by atoms with Crippen LogP contribution < -0.4 is 18.9 Å². The van der Waals surface area contributed by atoms with Crippen molar-refractivity contribution in [2.24, 2.45) is 0 Å². The molecule has 0 saturated carbocycles. The minimum atomic E-state index is -0.678. The van der Waals surface area contributed by atoms with Gasteiger partial charge in [0.1, 0.15) is 12.1 Å². The van der Waals surface area contributed by atoms with Crippen LogP contribution in [0.2, 0.25) is 0 Å². The van der Waals surface area contributed by atoms with E-state index >= 15 is 0 Å².